The number of aliphatic imine (C=N–C) groups is 1. The number of benzene rings is 1. The summed E-state index contributed by atoms with van der Waals surface area (Å²) in [6, 6.07) is 7.60. The Bertz CT molecular complexity index is 683. The van der Waals surface area contributed by atoms with E-state index in [1.807, 2.05) is 38.1 Å². The molecule has 0 unspecified atom stereocenters. The number of nitrogens with one attached hydrogen (secondary N) is 2. The van der Waals surface area contributed by atoms with Gasteiger partial charge in [0.1, 0.15) is 11.5 Å². The molecule has 2 rings (SSSR count). The summed E-state index contributed by atoms with van der Waals surface area (Å²) in [5, 5.41) is 7.70. The third-order valence-electron chi connectivity index (χ3n) is 3.58. The Balaban J connectivity index is 1.64. The Morgan fingerprint density at radius 3 is 2.48 bits per heavy atom. The molecule has 0 saturated carbocycles. The Hall–Kier alpha value is -2.28. The van der Waals surface area contributed by atoms with Crippen LogP contribution >= 0.6 is 11.3 Å². The number of nitrogens with zero attached hydrogens (tertiary/aromatic N) is 2. The highest BCUT2D eigenvalue weighted by Gasteiger charge is 2.05. The van der Waals surface area contributed by atoms with E-state index in [2.05, 4.69) is 20.6 Å². The van der Waals surface area contributed by atoms with Crippen LogP contribution in [0.25, 0.3) is 0 Å². The fourth-order valence-corrected chi connectivity index (χ4v) is 3.14. The topological polar surface area (TPSA) is 67.8 Å². The van der Waals surface area contributed by atoms with Crippen LogP contribution in [0.1, 0.15) is 22.0 Å². The van der Waals surface area contributed by atoms with Crippen LogP contribution in [0.15, 0.2) is 29.3 Å². The second kappa shape index (κ2) is 9.88. The van der Waals surface area contributed by atoms with Crippen LogP contribution in [0, 0.1) is 13.8 Å². The summed E-state index contributed by atoms with van der Waals surface area (Å²) >= 11 is 1.71. The van der Waals surface area contributed by atoms with Crippen molar-refractivity contribution in [2.75, 3.05) is 27.3 Å². The molecular formula is C18H26N4O2S. The van der Waals surface area contributed by atoms with Gasteiger partial charge in [0.25, 0.3) is 0 Å². The minimum Gasteiger partial charge on any atom is -0.497 e. The number of hydrogen-bond donors (Lipinski definition) is 2. The molecule has 0 aliphatic heterocycles. The van der Waals surface area contributed by atoms with Gasteiger partial charge in [0.05, 0.1) is 31.0 Å². The van der Waals surface area contributed by atoms with Crippen LogP contribution in [0.5, 0.6) is 11.5 Å². The van der Waals surface area contributed by atoms with E-state index in [0.29, 0.717) is 6.61 Å². The Morgan fingerprint density at radius 2 is 1.88 bits per heavy atom. The maximum Gasteiger partial charge on any atom is 0.191 e. The minimum absolute atomic E-state index is 0.642. The van der Waals surface area contributed by atoms with E-state index in [1.165, 1.54) is 4.88 Å². The molecule has 2 N–H and O–H groups in total. The zero-order valence-electron chi connectivity index (χ0n) is 15.3. The van der Waals surface area contributed by atoms with Gasteiger partial charge in [-0.25, -0.2) is 4.98 Å². The van der Waals surface area contributed by atoms with Gasteiger partial charge in [-0.3, -0.25) is 4.99 Å². The average Bonchev–Trinajstić information content (AvgIpc) is 2.95. The molecular weight excluding hydrogens is 336 g/mol. The van der Waals surface area contributed by atoms with Gasteiger partial charge >= 0.3 is 0 Å². The van der Waals surface area contributed by atoms with Crippen LogP contribution in [0.2, 0.25) is 0 Å². The van der Waals surface area contributed by atoms with Crippen LogP contribution in [0.3, 0.4) is 0 Å². The Morgan fingerprint density at radius 1 is 1.16 bits per heavy atom. The number of thiazole rings is 1. The SMILES string of the molecule is CN=C(NCCCOc1ccc(OC)cc1)NCc1sc(C)nc1C. The number of aromatic nitrogens is 1. The predicted molar refractivity (Wildman–Crippen MR) is 103 cm³/mol. The fraction of sp³-hybridized carbons (Fsp3) is 0.444. The van der Waals surface area contributed by atoms with Crippen LogP contribution < -0.4 is 20.1 Å². The molecule has 0 saturated heterocycles. The fourth-order valence-electron chi connectivity index (χ4n) is 2.26. The summed E-state index contributed by atoms with van der Waals surface area (Å²) in [5.41, 5.74) is 1.08. The third-order valence-corrected chi connectivity index (χ3v) is 4.65. The van der Waals surface area contributed by atoms with E-state index < -0.39 is 0 Å². The van der Waals surface area contributed by atoms with Crippen molar-refractivity contribution in [1.29, 1.82) is 0 Å². The van der Waals surface area contributed by atoms with E-state index >= 15 is 0 Å². The van der Waals surface area contributed by atoms with Crippen molar-refractivity contribution in [3.63, 3.8) is 0 Å². The molecule has 0 atom stereocenters. The van der Waals surface area contributed by atoms with Gasteiger partial charge in [0, 0.05) is 18.5 Å². The maximum absolute atomic E-state index is 5.71. The van der Waals surface area contributed by atoms with E-state index in [4.69, 9.17) is 9.47 Å². The van der Waals surface area contributed by atoms with E-state index in [1.54, 1.807) is 25.5 Å². The number of guanidine groups is 1. The summed E-state index contributed by atoms with van der Waals surface area (Å²) < 4.78 is 10.8. The third kappa shape index (κ3) is 6.26. The van der Waals surface area contributed by atoms with Crippen LogP contribution in [0.4, 0.5) is 0 Å². The summed E-state index contributed by atoms with van der Waals surface area (Å²) in [4.78, 5) is 9.91. The van der Waals surface area contributed by atoms with Crippen LogP contribution in [-0.2, 0) is 6.54 Å². The molecule has 0 amide bonds. The van der Waals surface area contributed by atoms with Gasteiger partial charge in [0.2, 0.25) is 0 Å². The Labute approximate surface area is 153 Å². The monoisotopic (exact) mass is 362 g/mol. The van der Waals surface area contributed by atoms with E-state index in [0.717, 1.165) is 47.7 Å². The molecule has 1 aromatic heterocycles. The minimum atomic E-state index is 0.642. The van der Waals surface area contributed by atoms with Gasteiger partial charge < -0.3 is 20.1 Å². The molecule has 6 nitrogen and oxygen atoms in total. The first-order valence-electron chi connectivity index (χ1n) is 8.26. The molecule has 7 heteroatoms. The predicted octanol–water partition coefficient (Wildman–Crippen LogP) is 2.90. The van der Waals surface area contributed by atoms with Gasteiger partial charge in [-0.05, 0) is 44.5 Å². The molecule has 0 radical (unpaired) electrons. The van der Waals surface area contributed by atoms with Crippen molar-refractivity contribution >= 4 is 17.3 Å². The second-order valence-electron chi connectivity index (χ2n) is 5.47. The van der Waals surface area contributed by atoms with Gasteiger partial charge in [-0.2, -0.15) is 0 Å². The average molecular weight is 362 g/mol. The standard InChI is InChI=1S/C18H26N4O2S/c1-13-17(25-14(2)22-13)12-21-18(19-3)20-10-5-11-24-16-8-6-15(23-4)7-9-16/h6-9H,5,10-12H2,1-4H3,(H2,19,20,21). The highest BCUT2D eigenvalue weighted by Crippen LogP contribution is 2.17. The second-order valence-corrected chi connectivity index (χ2v) is 6.76. The van der Waals surface area contributed by atoms with Crippen molar-refractivity contribution < 1.29 is 9.47 Å². The number of methoxy groups -OCH3 is 1. The van der Waals surface area contributed by atoms with Crippen molar-refractivity contribution in [2.45, 2.75) is 26.8 Å². The summed E-state index contributed by atoms with van der Waals surface area (Å²) in [6.07, 6.45) is 0.880. The van der Waals surface area contributed by atoms with Gasteiger partial charge in [-0.15, -0.1) is 11.3 Å². The zero-order chi connectivity index (χ0) is 18.1. The largest absolute Gasteiger partial charge is 0.497 e. The number of hydrogen-bond acceptors (Lipinski definition) is 5. The molecule has 1 aromatic carbocycles. The molecule has 25 heavy (non-hydrogen) atoms. The molecule has 0 fully saturated rings. The number of ether oxygens (including phenoxy) is 2. The first-order valence-corrected chi connectivity index (χ1v) is 9.08. The maximum atomic E-state index is 5.71. The smallest absolute Gasteiger partial charge is 0.191 e. The zero-order valence-corrected chi connectivity index (χ0v) is 16.1. The number of rotatable bonds is 8. The van der Waals surface area contributed by atoms with Crippen molar-refractivity contribution in [2.24, 2.45) is 4.99 Å². The van der Waals surface area contributed by atoms with Gasteiger partial charge in [-0.1, -0.05) is 0 Å². The highest BCUT2D eigenvalue weighted by atomic mass is 32.1. The Kier molecular flexibility index (Phi) is 7.53. The van der Waals surface area contributed by atoms with Gasteiger partial charge in [0.15, 0.2) is 5.96 Å². The van der Waals surface area contributed by atoms with Crippen molar-refractivity contribution in [3.8, 4) is 11.5 Å². The quantitative estimate of drug-likeness (QED) is 0.429. The van der Waals surface area contributed by atoms with Crippen LogP contribution in [-0.4, -0.2) is 38.3 Å². The molecule has 0 spiro atoms. The molecule has 0 aliphatic rings. The lowest BCUT2D eigenvalue weighted by atomic mass is 10.3. The summed E-state index contributed by atoms with van der Waals surface area (Å²) in [5.74, 6) is 2.46. The molecule has 0 aliphatic carbocycles. The van der Waals surface area contributed by atoms with Crippen molar-refractivity contribution in [1.82, 2.24) is 15.6 Å². The lowest BCUT2D eigenvalue weighted by molar-refractivity contribution is 0.310. The normalized spacial score (nSPS) is 11.3. The molecule has 1 heterocycles. The highest BCUT2D eigenvalue weighted by molar-refractivity contribution is 7.11. The lowest BCUT2D eigenvalue weighted by Gasteiger charge is -2.12. The van der Waals surface area contributed by atoms with E-state index in [9.17, 15) is 0 Å². The van der Waals surface area contributed by atoms with E-state index in [-0.39, 0.29) is 0 Å². The molecule has 0 bridgehead atoms. The first kappa shape index (κ1) is 19.1. The summed E-state index contributed by atoms with van der Waals surface area (Å²) in [7, 11) is 3.42. The number of aryl methyl sites for hydroxylation is 2. The first-order chi connectivity index (χ1) is 12.1. The van der Waals surface area contributed by atoms with Crippen molar-refractivity contribution in [3.05, 3.63) is 39.8 Å². The lowest BCUT2D eigenvalue weighted by Crippen LogP contribution is -2.37. The molecule has 136 valence electrons. The molecule has 2 aromatic rings. The summed E-state index contributed by atoms with van der Waals surface area (Å²) in [6.45, 7) is 6.23.